The molecule has 2 atom stereocenters. The second-order valence-electron chi connectivity index (χ2n) is 8.32. The maximum Gasteiger partial charge on any atom is 0.222 e. The number of guanidine groups is 1. The van der Waals surface area contributed by atoms with Crippen LogP contribution in [-0.4, -0.2) is 73.6 Å². The zero-order chi connectivity index (χ0) is 22.2. The first kappa shape index (κ1) is 22.3. The first-order chi connectivity index (χ1) is 15.7. The van der Waals surface area contributed by atoms with Gasteiger partial charge >= 0.3 is 0 Å². The van der Waals surface area contributed by atoms with E-state index in [2.05, 4.69) is 55.8 Å². The molecule has 2 aromatic rings. The van der Waals surface area contributed by atoms with Crippen LogP contribution >= 0.6 is 0 Å². The molecule has 2 fully saturated rings. The molecule has 2 unspecified atom stereocenters. The van der Waals surface area contributed by atoms with E-state index in [-0.39, 0.29) is 12.0 Å². The van der Waals surface area contributed by atoms with Crippen molar-refractivity contribution < 1.29 is 9.53 Å². The third-order valence-corrected chi connectivity index (χ3v) is 6.12. The Hall–Kier alpha value is -2.90. The Morgan fingerprint density at radius 2 is 1.75 bits per heavy atom. The number of benzene rings is 2. The highest BCUT2D eigenvalue weighted by Crippen LogP contribution is 2.24. The quantitative estimate of drug-likeness (QED) is 0.513. The summed E-state index contributed by atoms with van der Waals surface area (Å²) in [6, 6.07) is 20.9. The highest BCUT2D eigenvalue weighted by molar-refractivity contribution is 5.81. The highest BCUT2D eigenvalue weighted by atomic mass is 16.5. The molecule has 7 nitrogen and oxygen atoms in total. The van der Waals surface area contributed by atoms with Crippen LogP contribution in [0, 0.1) is 0 Å². The van der Waals surface area contributed by atoms with Crippen molar-refractivity contribution in [3.8, 4) is 0 Å². The minimum Gasteiger partial charge on any atom is -0.373 e. The van der Waals surface area contributed by atoms with Crippen LogP contribution in [0.3, 0.4) is 0 Å². The predicted octanol–water partition coefficient (Wildman–Crippen LogP) is 1.85. The average molecular weight is 436 g/mol. The van der Waals surface area contributed by atoms with Crippen LogP contribution in [0.25, 0.3) is 0 Å². The average Bonchev–Trinajstić information content (AvgIpc) is 3.27. The van der Waals surface area contributed by atoms with Crippen molar-refractivity contribution in [2.24, 2.45) is 4.99 Å². The van der Waals surface area contributed by atoms with Gasteiger partial charge in [0.15, 0.2) is 5.96 Å². The molecule has 2 N–H and O–H groups in total. The first-order valence-electron chi connectivity index (χ1n) is 11.4. The van der Waals surface area contributed by atoms with Gasteiger partial charge in [0.1, 0.15) is 0 Å². The van der Waals surface area contributed by atoms with E-state index < -0.39 is 0 Å². The SMILES string of the molecule is CN=C(NCCC(=O)NCc1ccccc1)N1CC2OCCN(Cc3ccccc3)C2C1. The van der Waals surface area contributed by atoms with Crippen molar-refractivity contribution in [1.29, 1.82) is 0 Å². The van der Waals surface area contributed by atoms with Gasteiger partial charge in [-0.3, -0.25) is 14.7 Å². The second kappa shape index (κ2) is 11.1. The molecule has 7 heteroatoms. The van der Waals surface area contributed by atoms with Gasteiger partial charge in [0, 0.05) is 52.7 Å². The summed E-state index contributed by atoms with van der Waals surface area (Å²) in [4.78, 5) is 21.4. The Kier molecular flexibility index (Phi) is 7.74. The lowest BCUT2D eigenvalue weighted by molar-refractivity contribution is -0.121. The van der Waals surface area contributed by atoms with Crippen LogP contribution in [0.5, 0.6) is 0 Å². The molecule has 2 aromatic carbocycles. The van der Waals surface area contributed by atoms with Gasteiger partial charge in [0.05, 0.1) is 18.8 Å². The van der Waals surface area contributed by atoms with Gasteiger partial charge in [0.2, 0.25) is 5.91 Å². The number of carbonyl (C=O) groups excluding carboxylic acids is 1. The van der Waals surface area contributed by atoms with Gasteiger partial charge in [-0.2, -0.15) is 0 Å². The van der Waals surface area contributed by atoms with Crippen LogP contribution < -0.4 is 10.6 Å². The second-order valence-corrected chi connectivity index (χ2v) is 8.32. The summed E-state index contributed by atoms with van der Waals surface area (Å²) >= 11 is 0. The van der Waals surface area contributed by atoms with Gasteiger partial charge in [-0.1, -0.05) is 60.7 Å². The number of aliphatic imine (C=N–C) groups is 1. The lowest BCUT2D eigenvalue weighted by Gasteiger charge is -2.36. The first-order valence-corrected chi connectivity index (χ1v) is 11.4. The number of carbonyl (C=O) groups is 1. The Balaban J connectivity index is 1.24. The summed E-state index contributed by atoms with van der Waals surface area (Å²) in [5, 5.41) is 6.33. The number of morpholine rings is 1. The van der Waals surface area contributed by atoms with Crippen molar-refractivity contribution in [3.63, 3.8) is 0 Å². The Bertz CT molecular complexity index is 890. The Morgan fingerprint density at radius 1 is 1.03 bits per heavy atom. The fraction of sp³-hybridized carbons (Fsp3) is 0.440. The van der Waals surface area contributed by atoms with Gasteiger partial charge in [-0.15, -0.1) is 0 Å². The number of rotatable bonds is 7. The number of hydrogen-bond acceptors (Lipinski definition) is 4. The van der Waals surface area contributed by atoms with Gasteiger partial charge in [-0.25, -0.2) is 0 Å². The molecule has 0 radical (unpaired) electrons. The highest BCUT2D eigenvalue weighted by Gasteiger charge is 2.41. The van der Waals surface area contributed by atoms with E-state index >= 15 is 0 Å². The molecule has 32 heavy (non-hydrogen) atoms. The number of nitrogens with zero attached hydrogens (tertiary/aromatic N) is 3. The summed E-state index contributed by atoms with van der Waals surface area (Å²) in [5.74, 6) is 0.864. The van der Waals surface area contributed by atoms with Crippen molar-refractivity contribution in [3.05, 3.63) is 71.8 Å². The largest absolute Gasteiger partial charge is 0.373 e. The predicted molar refractivity (Wildman–Crippen MR) is 126 cm³/mol. The fourth-order valence-electron chi connectivity index (χ4n) is 4.45. The standard InChI is InChI=1S/C25H33N5O2/c1-26-25(27-13-12-24(31)28-16-20-8-4-2-5-9-20)30-18-22-23(19-30)32-15-14-29(22)17-21-10-6-3-7-11-21/h2-11,22-23H,12-19H2,1H3,(H,26,27)(H,28,31). The third-order valence-electron chi connectivity index (χ3n) is 6.12. The summed E-state index contributed by atoms with van der Waals surface area (Å²) in [5.41, 5.74) is 2.43. The number of ether oxygens (including phenoxy) is 1. The molecule has 4 rings (SSSR count). The van der Waals surface area contributed by atoms with E-state index in [1.54, 1.807) is 7.05 Å². The van der Waals surface area contributed by atoms with Gasteiger partial charge < -0.3 is 20.3 Å². The molecular formula is C25H33N5O2. The summed E-state index contributed by atoms with van der Waals surface area (Å²) in [7, 11) is 1.79. The van der Waals surface area contributed by atoms with Crippen LogP contribution in [0.2, 0.25) is 0 Å². The molecule has 0 aromatic heterocycles. The maximum atomic E-state index is 12.2. The number of amides is 1. The maximum absolute atomic E-state index is 12.2. The van der Waals surface area contributed by atoms with E-state index in [0.717, 1.165) is 44.3 Å². The molecule has 0 spiro atoms. The molecule has 1 amide bonds. The number of likely N-dealkylation sites (tertiary alicyclic amines) is 1. The van der Waals surface area contributed by atoms with E-state index in [9.17, 15) is 4.79 Å². The molecule has 0 saturated carbocycles. The molecular weight excluding hydrogens is 402 g/mol. The monoisotopic (exact) mass is 435 g/mol. The van der Waals surface area contributed by atoms with Crippen LogP contribution in [0.4, 0.5) is 0 Å². The minimum atomic E-state index is 0.0317. The van der Waals surface area contributed by atoms with E-state index in [4.69, 9.17) is 4.74 Å². The topological polar surface area (TPSA) is 69.2 Å². The van der Waals surface area contributed by atoms with E-state index in [0.29, 0.717) is 25.6 Å². The normalized spacial score (nSPS) is 21.3. The van der Waals surface area contributed by atoms with Crippen molar-refractivity contribution >= 4 is 11.9 Å². The molecule has 170 valence electrons. The molecule has 2 heterocycles. The molecule has 2 aliphatic rings. The zero-order valence-electron chi connectivity index (χ0n) is 18.7. The summed E-state index contributed by atoms with van der Waals surface area (Å²) in [6.07, 6.45) is 0.587. The van der Waals surface area contributed by atoms with Crippen LogP contribution in [0.15, 0.2) is 65.7 Å². The number of hydrogen-bond donors (Lipinski definition) is 2. The number of fused-ring (bicyclic) bond motifs is 1. The summed E-state index contributed by atoms with van der Waals surface area (Å²) < 4.78 is 6.08. The lowest BCUT2D eigenvalue weighted by Crippen LogP contribution is -2.50. The molecule has 2 saturated heterocycles. The number of nitrogens with one attached hydrogen (secondary N) is 2. The Labute approximate surface area is 190 Å². The smallest absolute Gasteiger partial charge is 0.222 e. The molecule has 2 aliphatic heterocycles. The van der Waals surface area contributed by atoms with Crippen LogP contribution in [0.1, 0.15) is 17.5 Å². The van der Waals surface area contributed by atoms with Crippen molar-refractivity contribution in [2.75, 3.05) is 39.8 Å². The molecule has 0 aliphatic carbocycles. The van der Waals surface area contributed by atoms with E-state index in [1.807, 2.05) is 30.3 Å². The fourth-order valence-corrected chi connectivity index (χ4v) is 4.45. The zero-order valence-corrected chi connectivity index (χ0v) is 18.7. The molecule has 0 bridgehead atoms. The van der Waals surface area contributed by atoms with Gasteiger partial charge in [-0.05, 0) is 11.1 Å². The van der Waals surface area contributed by atoms with Crippen molar-refractivity contribution in [1.82, 2.24) is 20.4 Å². The Morgan fingerprint density at radius 3 is 2.47 bits per heavy atom. The lowest BCUT2D eigenvalue weighted by atomic mass is 10.1. The van der Waals surface area contributed by atoms with E-state index in [1.165, 1.54) is 5.56 Å². The van der Waals surface area contributed by atoms with Gasteiger partial charge in [0.25, 0.3) is 0 Å². The minimum absolute atomic E-state index is 0.0317. The van der Waals surface area contributed by atoms with Crippen LogP contribution in [-0.2, 0) is 22.6 Å². The summed E-state index contributed by atoms with van der Waals surface area (Å²) in [6.45, 7) is 5.43. The third kappa shape index (κ3) is 5.87. The van der Waals surface area contributed by atoms with Crippen molar-refractivity contribution in [2.45, 2.75) is 31.7 Å².